The maximum absolute atomic E-state index is 5.53. The van der Waals surface area contributed by atoms with Gasteiger partial charge in [-0.25, -0.2) is 5.43 Å². The van der Waals surface area contributed by atoms with Crippen molar-refractivity contribution in [2.75, 3.05) is 0 Å². The summed E-state index contributed by atoms with van der Waals surface area (Å²) in [5.41, 5.74) is 4.99. The van der Waals surface area contributed by atoms with Gasteiger partial charge in [-0.2, -0.15) is 0 Å². The number of pyridine rings is 1. The molecule has 17 heavy (non-hydrogen) atoms. The number of furan rings is 1. The van der Waals surface area contributed by atoms with Crippen LogP contribution in [0.2, 0.25) is 0 Å². The van der Waals surface area contributed by atoms with Crippen molar-refractivity contribution in [1.82, 2.24) is 10.4 Å². The van der Waals surface area contributed by atoms with Crippen LogP contribution in [0.5, 0.6) is 0 Å². The molecule has 0 aliphatic rings. The molecule has 0 aliphatic heterocycles. The number of aryl methyl sites for hydroxylation is 1. The number of nitrogens with zero attached hydrogens (tertiary/aromatic N) is 1. The molecule has 0 saturated carbocycles. The molecule has 2 aromatic heterocycles. The summed E-state index contributed by atoms with van der Waals surface area (Å²) in [4.78, 5) is 4.41. The molecule has 4 nitrogen and oxygen atoms in total. The minimum Gasteiger partial charge on any atom is -0.468 e. The summed E-state index contributed by atoms with van der Waals surface area (Å²) in [5.74, 6) is 6.36. The van der Waals surface area contributed by atoms with Gasteiger partial charge in [-0.15, -0.1) is 0 Å². The SMILES string of the molecule is CCc1ccc(CC(NN)c2ccco2)nc1. The molecule has 0 aromatic carbocycles. The van der Waals surface area contributed by atoms with Crippen molar-refractivity contribution in [1.29, 1.82) is 0 Å². The van der Waals surface area contributed by atoms with E-state index in [9.17, 15) is 0 Å². The Hall–Kier alpha value is -1.65. The summed E-state index contributed by atoms with van der Waals surface area (Å²) in [5, 5.41) is 0. The van der Waals surface area contributed by atoms with E-state index in [4.69, 9.17) is 10.3 Å². The molecule has 0 amide bonds. The Labute approximate surface area is 101 Å². The van der Waals surface area contributed by atoms with E-state index in [2.05, 4.69) is 23.4 Å². The van der Waals surface area contributed by atoms with Crippen LogP contribution in [0.25, 0.3) is 0 Å². The lowest BCUT2D eigenvalue weighted by Gasteiger charge is -2.12. The fraction of sp³-hybridized carbons (Fsp3) is 0.308. The Balaban J connectivity index is 2.07. The van der Waals surface area contributed by atoms with Crippen molar-refractivity contribution < 1.29 is 4.42 Å². The highest BCUT2D eigenvalue weighted by molar-refractivity contribution is 5.16. The van der Waals surface area contributed by atoms with Crippen molar-refractivity contribution in [2.24, 2.45) is 5.84 Å². The van der Waals surface area contributed by atoms with Crippen molar-refractivity contribution in [3.8, 4) is 0 Å². The molecule has 0 spiro atoms. The smallest absolute Gasteiger partial charge is 0.122 e. The fourth-order valence-electron chi connectivity index (χ4n) is 1.73. The molecule has 3 N–H and O–H groups in total. The summed E-state index contributed by atoms with van der Waals surface area (Å²) in [7, 11) is 0. The number of hydrogen-bond acceptors (Lipinski definition) is 4. The first-order chi connectivity index (χ1) is 8.33. The van der Waals surface area contributed by atoms with Crippen LogP contribution in [0.4, 0.5) is 0 Å². The number of aromatic nitrogens is 1. The first-order valence-electron chi connectivity index (χ1n) is 5.76. The average molecular weight is 231 g/mol. The maximum Gasteiger partial charge on any atom is 0.122 e. The third-order valence-electron chi connectivity index (χ3n) is 2.80. The zero-order valence-corrected chi connectivity index (χ0v) is 9.89. The summed E-state index contributed by atoms with van der Waals surface area (Å²) >= 11 is 0. The molecule has 4 heteroatoms. The van der Waals surface area contributed by atoms with Crippen molar-refractivity contribution in [2.45, 2.75) is 25.8 Å². The lowest BCUT2D eigenvalue weighted by Crippen LogP contribution is -2.29. The number of hydrogen-bond donors (Lipinski definition) is 2. The molecule has 2 heterocycles. The molecule has 2 rings (SSSR count). The summed E-state index contributed by atoms with van der Waals surface area (Å²) in [6, 6.07) is 7.85. The Morgan fingerprint density at radius 2 is 2.29 bits per heavy atom. The van der Waals surface area contributed by atoms with Gasteiger partial charge >= 0.3 is 0 Å². The van der Waals surface area contributed by atoms with Crippen LogP contribution >= 0.6 is 0 Å². The minimum absolute atomic E-state index is 0.0371. The summed E-state index contributed by atoms with van der Waals surface area (Å²) in [6.45, 7) is 2.11. The standard InChI is InChI=1S/C13H17N3O/c1-2-10-5-6-11(15-9-10)8-12(16-14)13-4-3-7-17-13/h3-7,9,12,16H,2,8,14H2,1H3. The molecule has 0 radical (unpaired) electrons. The first kappa shape index (κ1) is 11.8. The highest BCUT2D eigenvalue weighted by atomic mass is 16.3. The number of rotatable bonds is 5. The van der Waals surface area contributed by atoms with E-state index in [1.807, 2.05) is 24.4 Å². The van der Waals surface area contributed by atoms with Gasteiger partial charge in [-0.05, 0) is 30.2 Å². The van der Waals surface area contributed by atoms with Crippen LogP contribution < -0.4 is 11.3 Å². The van der Waals surface area contributed by atoms with E-state index in [1.165, 1.54) is 5.56 Å². The van der Waals surface area contributed by atoms with Crippen LogP contribution in [0.1, 0.15) is 30.0 Å². The molecular formula is C13H17N3O. The summed E-state index contributed by atoms with van der Waals surface area (Å²) in [6.07, 6.45) is 5.27. The monoisotopic (exact) mass is 231 g/mol. The van der Waals surface area contributed by atoms with Gasteiger partial charge in [0.05, 0.1) is 12.3 Å². The van der Waals surface area contributed by atoms with Gasteiger partial charge < -0.3 is 4.42 Å². The number of nitrogens with one attached hydrogen (secondary N) is 1. The Morgan fingerprint density at radius 1 is 1.41 bits per heavy atom. The first-order valence-corrected chi connectivity index (χ1v) is 5.76. The zero-order chi connectivity index (χ0) is 12.1. The largest absolute Gasteiger partial charge is 0.468 e. The van der Waals surface area contributed by atoms with Crippen LogP contribution in [0.15, 0.2) is 41.1 Å². The topological polar surface area (TPSA) is 64.1 Å². The van der Waals surface area contributed by atoms with Gasteiger partial charge in [0.15, 0.2) is 0 Å². The van der Waals surface area contributed by atoms with Crippen molar-refractivity contribution >= 4 is 0 Å². The zero-order valence-electron chi connectivity index (χ0n) is 9.89. The second-order valence-corrected chi connectivity index (χ2v) is 3.95. The lowest BCUT2D eigenvalue weighted by atomic mass is 10.1. The molecule has 1 atom stereocenters. The highest BCUT2D eigenvalue weighted by Gasteiger charge is 2.13. The molecular weight excluding hydrogens is 214 g/mol. The van der Waals surface area contributed by atoms with Gasteiger partial charge in [-0.3, -0.25) is 10.8 Å². The average Bonchev–Trinajstić information content (AvgIpc) is 2.90. The highest BCUT2D eigenvalue weighted by Crippen LogP contribution is 2.17. The van der Waals surface area contributed by atoms with Crippen LogP contribution in [0, 0.1) is 0 Å². The molecule has 0 aliphatic carbocycles. The van der Waals surface area contributed by atoms with E-state index in [0.29, 0.717) is 6.42 Å². The lowest BCUT2D eigenvalue weighted by molar-refractivity contribution is 0.414. The van der Waals surface area contributed by atoms with Crippen LogP contribution in [-0.4, -0.2) is 4.98 Å². The van der Waals surface area contributed by atoms with Gasteiger partial charge in [-0.1, -0.05) is 13.0 Å². The van der Waals surface area contributed by atoms with Gasteiger partial charge in [0.1, 0.15) is 5.76 Å². The molecule has 1 unspecified atom stereocenters. The third kappa shape index (κ3) is 2.93. The van der Waals surface area contributed by atoms with E-state index in [1.54, 1.807) is 6.26 Å². The van der Waals surface area contributed by atoms with E-state index in [0.717, 1.165) is 17.9 Å². The van der Waals surface area contributed by atoms with E-state index < -0.39 is 0 Å². The normalized spacial score (nSPS) is 12.6. The van der Waals surface area contributed by atoms with Gasteiger partial charge in [0, 0.05) is 18.3 Å². The van der Waals surface area contributed by atoms with Crippen LogP contribution in [-0.2, 0) is 12.8 Å². The van der Waals surface area contributed by atoms with Crippen LogP contribution in [0.3, 0.4) is 0 Å². The van der Waals surface area contributed by atoms with Gasteiger partial charge in [0.2, 0.25) is 0 Å². The molecule has 90 valence electrons. The maximum atomic E-state index is 5.53. The second-order valence-electron chi connectivity index (χ2n) is 3.95. The van der Waals surface area contributed by atoms with Crippen molar-refractivity contribution in [3.63, 3.8) is 0 Å². The number of hydrazine groups is 1. The quantitative estimate of drug-likeness (QED) is 0.610. The molecule has 0 fully saturated rings. The molecule has 0 saturated heterocycles. The van der Waals surface area contributed by atoms with E-state index >= 15 is 0 Å². The summed E-state index contributed by atoms with van der Waals surface area (Å²) < 4.78 is 5.33. The predicted molar refractivity (Wildman–Crippen MR) is 66.1 cm³/mol. The Kier molecular flexibility index (Phi) is 3.90. The van der Waals surface area contributed by atoms with E-state index in [-0.39, 0.29) is 6.04 Å². The predicted octanol–water partition coefficient (Wildman–Crippen LogP) is 1.98. The fourth-order valence-corrected chi connectivity index (χ4v) is 1.73. The minimum atomic E-state index is -0.0371. The Bertz CT molecular complexity index is 436. The van der Waals surface area contributed by atoms with Crippen molar-refractivity contribution in [3.05, 3.63) is 53.7 Å². The molecule has 0 bridgehead atoms. The number of nitrogens with two attached hydrogens (primary N) is 1. The molecule has 2 aromatic rings. The van der Waals surface area contributed by atoms with Gasteiger partial charge in [0.25, 0.3) is 0 Å². The second kappa shape index (κ2) is 5.61. The Morgan fingerprint density at radius 3 is 2.82 bits per heavy atom. The third-order valence-corrected chi connectivity index (χ3v) is 2.80.